The maximum absolute atomic E-state index is 14.2. The molecule has 0 amide bonds. The minimum Gasteiger partial charge on any atom is -0.478 e. The molecule has 0 radical (unpaired) electrons. The number of aliphatic carboxylic acids is 1. The fourth-order valence-corrected chi connectivity index (χ4v) is 5.07. The lowest BCUT2D eigenvalue weighted by atomic mass is 9.96. The SMILES string of the molecule is O=C(O)[C@H](Cc1ccccc1)Oc1ccc(-c2ccc(-c3c(Cc4ccccc4)oc4ccc(F)cc34)cc2)cc1. The van der Waals surface area contributed by atoms with Crippen LogP contribution < -0.4 is 4.74 Å². The molecule has 0 aliphatic carbocycles. The van der Waals surface area contributed by atoms with Gasteiger partial charge in [0.05, 0.1) is 0 Å². The molecule has 0 spiro atoms. The first-order valence-electron chi connectivity index (χ1n) is 13.4. The molecule has 202 valence electrons. The van der Waals surface area contributed by atoms with Crippen LogP contribution in [0.4, 0.5) is 4.39 Å². The molecule has 4 nitrogen and oxygen atoms in total. The minimum absolute atomic E-state index is 0.276. The van der Waals surface area contributed by atoms with E-state index in [1.165, 1.54) is 12.1 Å². The first-order chi connectivity index (χ1) is 20.0. The number of carboxylic acid groups (broad SMARTS) is 1. The van der Waals surface area contributed by atoms with Crippen LogP contribution in [0.5, 0.6) is 5.75 Å². The van der Waals surface area contributed by atoms with E-state index in [1.54, 1.807) is 18.2 Å². The molecule has 1 aromatic heterocycles. The van der Waals surface area contributed by atoms with Crippen LogP contribution >= 0.6 is 0 Å². The van der Waals surface area contributed by atoms with Crippen LogP contribution in [0.15, 0.2) is 132 Å². The van der Waals surface area contributed by atoms with E-state index in [2.05, 4.69) is 0 Å². The molecule has 6 aromatic rings. The lowest BCUT2D eigenvalue weighted by Crippen LogP contribution is -2.29. The molecule has 0 unspecified atom stereocenters. The number of hydrogen-bond donors (Lipinski definition) is 1. The summed E-state index contributed by atoms with van der Waals surface area (Å²) in [5.74, 6) is -0.0360. The third-order valence-corrected chi connectivity index (χ3v) is 7.11. The summed E-state index contributed by atoms with van der Waals surface area (Å²) in [5, 5.41) is 10.4. The molecule has 0 bridgehead atoms. The average molecular weight is 543 g/mol. The van der Waals surface area contributed by atoms with E-state index in [4.69, 9.17) is 9.15 Å². The number of furan rings is 1. The van der Waals surface area contributed by atoms with Gasteiger partial charge in [0.1, 0.15) is 22.9 Å². The topological polar surface area (TPSA) is 59.7 Å². The highest BCUT2D eigenvalue weighted by Crippen LogP contribution is 2.37. The molecular weight excluding hydrogens is 515 g/mol. The van der Waals surface area contributed by atoms with Gasteiger partial charge in [-0.05, 0) is 58.1 Å². The van der Waals surface area contributed by atoms with Gasteiger partial charge in [-0.1, -0.05) is 97.1 Å². The molecule has 1 heterocycles. The van der Waals surface area contributed by atoms with E-state index in [1.807, 2.05) is 97.1 Å². The van der Waals surface area contributed by atoms with Crippen LogP contribution in [-0.4, -0.2) is 17.2 Å². The van der Waals surface area contributed by atoms with Crippen molar-refractivity contribution in [1.82, 2.24) is 0 Å². The second kappa shape index (κ2) is 11.5. The van der Waals surface area contributed by atoms with Crippen molar-refractivity contribution in [2.24, 2.45) is 0 Å². The van der Waals surface area contributed by atoms with Crippen molar-refractivity contribution in [2.45, 2.75) is 18.9 Å². The Morgan fingerprint density at radius 2 is 1.32 bits per heavy atom. The Balaban J connectivity index is 1.24. The van der Waals surface area contributed by atoms with Crippen molar-refractivity contribution in [3.63, 3.8) is 0 Å². The molecule has 0 saturated heterocycles. The lowest BCUT2D eigenvalue weighted by Gasteiger charge is -2.15. The molecule has 0 fully saturated rings. The number of benzene rings is 5. The van der Waals surface area contributed by atoms with Gasteiger partial charge in [-0.15, -0.1) is 0 Å². The Kier molecular flexibility index (Phi) is 7.33. The standard InChI is InChI=1S/C36H27FO4/c37-29-17-20-32-31(23-29)35(33(41-32)21-24-7-3-1-4-8-24)28-13-11-26(12-14-28)27-15-18-30(19-16-27)40-34(36(38)39)22-25-9-5-2-6-10-25/h1-20,23,34H,21-22H2,(H,38,39)/t34-/m0/s1. The van der Waals surface area contributed by atoms with Gasteiger partial charge in [0.2, 0.25) is 0 Å². The highest BCUT2D eigenvalue weighted by atomic mass is 19.1. The van der Waals surface area contributed by atoms with E-state index in [0.717, 1.165) is 44.5 Å². The second-order valence-electron chi connectivity index (χ2n) is 9.94. The summed E-state index contributed by atoms with van der Waals surface area (Å²) >= 11 is 0. The Morgan fingerprint density at radius 1 is 0.732 bits per heavy atom. The van der Waals surface area contributed by atoms with Crippen molar-refractivity contribution >= 4 is 16.9 Å². The van der Waals surface area contributed by atoms with E-state index >= 15 is 0 Å². The fourth-order valence-electron chi connectivity index (χ4n) is 5.07. The zero-order chi connectivity index (χ0) is 28.2. The van der Waals surface area contributed by atoms with Crippen molar-refractivity contribution in [1.29, 1.82) is 0 Å². The number of fused-ring (bicyclic) bond motifs is 1. The number of rotatable bonds is 9. The predicted molar refractivity (Wildman–Crippen MR) is 158 cm³/mol. The summed E-state index contributed by atoms with van der Waals surface area (Å²) in [6, 6.07) is 39.6. The quantitative estimate of drug-likeness (QED) is 0.199. The van der Waals surface area contributed by atoms with Gasteiger partial charge >= 0.3 is 5.97 Å². The van der Waals surface area contributed by atoms with Gasteiger partial charge in [0.15, 0.2) is 6.10 Å². The molecule has 5 heteroatoms. The van der Waals surface area contributed by atoms with Gasteiger partial charge in [-0.2, -0.15) is 0 Å². The summed E-state index contributed by atoms with van der Waals surface area (Å²) in [7, 11) is 0. The number of halogens is 1. The zero-order valence-electron chi connectivity index (χ0n) is 22.2. The maximum atomic E-state index is 14.2. The molecule has 1 N–H and O–H groups in total. The smallest absolute Gasteiger partial charge is 0.345 e. The Bertz CT molecular complexity index is 1770. The van der Waals surface area contributed by atoms with Crippen LogP contribution in [0.3, 0.4) is 0 Å². The van der Waals surface area contributed by atoms with Gasteiger partial charge in [0, 0.05) is 23.8 Å². The lowest BCUT2D eigenvalue weighted by molar-refractivity contribution is -0.145. The summed E-state index contributed by atoms with van der Waals surface area (Å²) < 4.78 is 26.2. The van der Waals surface area contributed by atoms with Crippen molar-refractivity contribution in [3.8, 4) is 28.0 Å². The summed E-state index contributed by atoms with van der Waals surface area (Å²) in [4.78, 5) is 11.8. The van der Waals surface area contributed by atoms with Crippen LogP contribution in [0.1, 0.15) is 16.9 Å². The van der Waals surface area contributed by atoms with Crippen LogP contribution in [0, 0.1) is 5.82 Å². The predicted octanol–water partition coefficient (Wildman–Crippen LogP) is 8.57. The van der Waals surface area contributed by atoms with E-state index in [9.17, 15) is 14.3 Å². The third kappa shape index (κ3) is 5.89. The molecule has 6 rings (SSSR count). The Morgan fingerprint density at radius 3 is 1.95 bits per heavy atom. The van der Waals surface area contributed by atoms with Gasteiger partial charge in [0.25, 0.3) is 0 Å². The van der Waals surface area contributed by atoms with E-state index in [0.29, 0.717) is 17.8 Å². The van der Waals surface area contributed by atoms with Gasteiger partial charge < -0.3 is 14.3 Å². The Hall–Kier alpha value is -5.16. The number of hydrogen-bond acceptors (Lipinski definition) is 3. The zero-order valence-corrected chi connectivity index (χ0v) is 22.2. The second-order valence-corrected chi connectivity index (χ2v) is 9.94. The fraction of sp³-hybridized carbons (Fsp3) is 0.0833. The molecule has 0 saturated carbocycles. The van der Waals surface area contributed by atoms with Crippen LogP contribution in [-0.2, 0) is 17.6 Å². The summed E-state index contributed by atoms with van der Waals surface area (Å²) in [6.45, 7) is 0. The molecule has 0 aliphatic rings. The highest BCUT2D eigenvalue weighted by Gasteiger charge is 2.20. The molecule has 0 aliphatic heterocycles. The molecule has 5 aromatic carbocycles. The number of carbonyl (C=O) groups is 1. The molecular formula is C36H27FO4. The highest BCUT2D eigenvalue weighted by molar-refractivity contribution is 5.96. The van der Waals surface area contributed by atoms with Gasteiger partial charge in [-0.25, -0.2) is 9.18 Å². The summed E-state index contributed by atoms with van der Waals surface area (Å²) in [5.41, 5.74) is 6.44. The van der Waals surface area contributed by atoms with Crippen molar-refractivity contribution in [3.05, 3.63) is 150 Å². The summed E-state index contributed by atoms with van der Waals surface area (Å²) in [6.07, 6.45) is -0.113. The normalized spacial score (nSPS) is 11.8. The number of carboxylic acids is 1. The van der Waals surface area contributed by atoms with Crippen molar-refractivity contribution < 1.29 is 23.4 Å². The van der Waals surface area contributed by atoms with E-state index in [-0.39, 0.29) is 12.2 Å². The van der Waals surface area contributed by atoms with Crippen LogP contribution in [0.25, 0.3) is 33.2 Å². The third-order valence-electron chi connectivity index (χ3n) is 7.11. The largest absolute Gasteiger partial charge is 0.478 e. The van der Waals surface area contributed by atoms with Crippen molar-refractivity contribution in [2.75, 3.05) is 0 Å². The average Bonchev–Trinajstić information content (AvgIpc) is 3.35. The minimum atomic E-state index is -1.01. The number of ether oxygens (including phenoxy) is 1. The first-order valence-corrected chi connectivity index (χ1v) is 13.4. The first kappa shape index (κ1) is 26.1. The van der Waals surface area contributed by atoms with Crippen LogP contribution in [0.2, 0.25) is 0 Å². The monoisotopic (exact) mass is 542 g/mol. The maximum Gasteiger partial charge on any atom is 0.345 e. The van der Waals surface area contributed by atoms with E-state index < -0.39 is 12.1 Å². The molecule has 41 heavy (non-hydrogen) atoms. The van der Waals surface area contributed by atoms with Gasteiger partial charge in [-0.3, -0.25) is 0 Å². The molecule has 1 atom stereocenters. The Labute approximate surface area is 237 Å².